The van der Waals surface area contributed by atoms with Crippen LogP contribution in [-0.2, 0) is 10.0 Å². The molecule has 0 saturated carbocycles. The second kappa shape index (κ2) is 5.71. The number of sulfonamides is 1. The molecule has 2 rings (SSSR count). The quantitative estimate of drug-likeness (QED) is 0.843. The third-order valence-corrected chi connectivity index (χ3v) is 5.78. The number of ether oxygens (including phenoxy) is 1. The maximum atomic E-state index is 12.8. The number of rotatable bonds is 3. The number of piperazine rings is 1. The highest BCUT2D eigenvalue weighted by Crippen LogP contribution is 2.30. The van der Waals surface area contributed by atoms with Crippen molar-refractivity contribution in [2.24, 2.45) is 0 Å². The summed E-state index contributed by atoms with van der Waals surface area (Å²) in [5.74, 6) is 0.423. The average Bonchev–Trinajstić information content (AvgIpc) is 2.41. The molecule has 0 N–H and O–H groups in total. The van der Waals surface area contributed by atoms with Crippen LogP contribution in [0.1, 0.15) is 11.1 Å². The van der Waals surface area contributed by atoms with Gasteiger partial charge < -0.3 is 9.64 Å². The van der Waals surface area contributed by atoms with E-state index in [0.717, 1.165) is 24.2 Å². The lowest BCUT2D eigenvalue weighted by atomic mass is 10.1. The summed E-state index contributed by atoms with van der Waals surface area (Å²) in [6.45, 7) is 6.42. The molecule has 1 aromatic carbocycles. The van der Waals surface area contributed by atoms with Gasteiger partial charge in [-0.25, -0.2) is 8.42 Å². The van der Waals surface area contributed by atoms with Gasteiger partial charge in [-0.3, -0.25) is 0 Å². The third-order valence-electron chi connectivity index (χ3n) is 3.86. The molecule has 1 aromatic rings. The molecular formula is C14H22N2O3S. The first-order valence-corrected chi connectivity index (χ1v) is 8.14. The Hall–Kier alpha value is -1.11. The summed E-state index contributed by atoms with van der Waals surface area (Å²) in [6, 6.07) is 3.50. The second-order valence-corrected chi connectivity index (χ2v) is 7.20. The highest BCUT2D eigenvalue weighted by molar-refractivity contribution is 7.89. The van der Waals surface area contributed by atoms with Gasteiger partial charge in [-0.05, 0) is 44.2 Å². The van der Waals surface area contributed by atoms with Gasteiger partial charge in [0, 0.05) is 26.2 Å². The third kappa shape index (κ3) is 2.82. The minimum absolute atomic E-state index is 0.271. The molecule has 1 saturated heterocycles. The topological polar surface area (TPSA) is 49.9 Å². The first kappa shape index (κ1) is 15.3. The van der Waals surface area contributed by atoms with Crippen LogP contribution in [-0.4, -0.2) is 58.0 Å². The van der Waals surface area contributed by atoms with Gasteiger partial charge in [0.15, 0.2) is 0 Å². The van der Waals surface area contributed by atoms with Crippen molar-refractivity contribution in [2.45, 2.75) is 18.7 Å². The molecule has 1 aliphatic heterocycles. The molecule has 1 aliphatic rings. The predicted octanol–water partition coefficient (Wildman–Crippen LogP) is 1.25. The van der Waals surface area contributed by atoms with Gasteiger partial charge in [0.2, 0.25) is 10.0 Å². The lowest BCUT2D eigenvalue weighted by Crippen LogP contribution is -2.47. The zero-order chi connectivity index (χ0) is 14.9. The van der Waals surface area contributed by atoms with Gasteiger partial charge >= 0.3 is 0 Å². The zero-order valence-corrected chi connectivity index (χ0v) is 13.3. The van der Waals surface area contributed by atoms with Gasteiger partial charge in [0.25, 0.3) is 0 Å². The average molecular weight is 298 g/mol. The summed E-state index contributed by atoms with van der Waals surface area (Å²) in [4.78, 5) is 2.40. The molecule has 112 valence electrons. The van der Waals surface area contributed by atoms with Crippen LogP contribution in [0.4, 0.5) is 0 Å². The van der Waals surface area contributed by atoms with E-state index in [4.69, 9.17) is 4.74 Å². The normalized spacial score (nSPS) is 18.2. The number of likely N-dealkylation sites (N-methyl/N-ethyl adjacent to an activating group) is 1. The van der Waals surface area contributed by atoms with Gasteiger partial charge in [0.05, 0.1) is 7.11 Å². The smallest absolute Gasteiger partial charge is 0.246 e. The largest absolute Gasteiger partial charge is 0.495 e. The summed E-state index contributed by atoms with van der Waals surface area (Å²) in [5.41, 5.74) is 1.98. The van der Waals surface area contributed by atoms with Crippen molar-refractivity contribution in [3.63, 3.8) is 0 Å². The number of hydrogen-bond acceptors (Lipinski definition) is 4. The first-order chi connectivity index (χ1) is 9.36. The van der Waals surface area contributed by atoms with Crippen molar-refractivity contribution in [3.05, 3.63) is 23.3 Å². The summed E-state index contributed by atoms with van der Waals surface area (Å²) < 4.78 is 32.3. The maximum Gasteiger partial charge on any atom is 0.246 e. The van der Waals surface area contributed by atoms with E-state index in [0.29, 0.717) is 18.8 Å². The van der Waals surface area contributed by atoms with Crippen LogP contribution in [0.2, 0.25) is 0 Å². The number of aryl methyl sites for hydroxylation is 2. The molecule has 6 heteroatoms. The Morgan fingerprint density at radius 3 is 2.15 bits per heavy atom. The summed E-state index contributed by atoms with van der Waals surface area (Å²) in [5, 5.41) is 0. The molecule has 0 radical (unpaired) electrons. The van der Waals surface area contributed by atoms with Crippen LogP contribution in [0.15, 0.2) is 17.0 Å². The fourth-order valence-corrected chi connectivity index (χ4v) is 3.94. The molecule has 1 heterocycles. The molecule has 0 amide bonds. The van der Waals surface area contributed by atoms with E-state index < -0.39 is 10.0 Å². The minimum Gasteiger partial charge on any atom is -0.495 e. The molecule has 0 bridgehead atoms. The van der Waals surface area contributed by atoms with Gasteiger partial charge in [-0.2, -0.15) is 4.31 Å². The Morgan fingerprint density at radius 1 is 1.05 bits per heavy atom. The van der Waals surface area contributed by atoms with E-state index in [-0.39, 0.29) is 4.90 Å². The van der Waals surface area contributed by atoms with E-state index in [2.05, 4.69) is 4.90 Å². The van der Waals surface area contributed by atoms with Crippen LogP contribution < -0.4 is 4.74 Å². The molecule has 0 aliphatic carbocycles. The fraction of sp³-hybridized carbons (Fsp3) is 0.571. The molecule has 1 fully saturated rings. The lowest BCUT2D eigenvalue weighted by Gasteiger charge is -2.32. The number of benzene rings is 1. The fourth-order valence-electron chi connectivity index (χ4n) is 2.29. The molecule has 0 atom stereocenters. The van der Waals surface area contributed by atoms with Crippen LogP contribution in [0.3, 0.4) is 0 Å². The molecular weight excluding hydrogens is 276 g/mol. The van der Waals surface area contributed by atoms with E-state index in [1.807, 2.05) is 20.9 Å². The Kier molecular flexibility index (Phi) is 4.36. The monoisotopic (exact) mass is 298 g/mol. The molecule has 0 aromatic heterocycles. The van der Waals surface area contributed by atoms with Gasteiger partial charge in [-0.15, -0.1) is 0 Å². The lowest BCUT2D eigenvalue weighted by molar-refractivity contribution is 0.222. The van der Waals surface area contributed by atoms with Gasteiger partial charge in [-0.1, -0.05) is 0 Å². The van der Waals surface area contributed by atoms with Crippen molar-refractivity contribution in [1.29, 1.82) is 0 Å². The number of methoxy groups -OCH3 is 1. The van der Waals surface area contributed by atoms with Crippen molar-refractivity contribution in [2.75, 3.05) is 40.3 Å². The van der Waals surface area contributed by atoms with Crippen molar-refractivity contribution in [1.82, 2.24) is 9.21 Å². The minimum atomic E-state index is -3.49. The summed E-state index contributed by atoms with van der Waals surface area (Å²) in [6.07, 6.45) is 0. The summed E-state index contributed by atoms with van der Waals surface area (Å²) >= 11 is 0. The van der Waals surface area contributed by atoms with Gasteiger partial charge in [0.1, 0.15) is 10.6 Å². The number of hydrogen-bond donors (Lipinski definition) is 0. The van der Waals surface area contributed by atoms with E-state index in [9.17, 15) is 8.42 Å². The van der Waals surface area contributed by atoms with Crippen molar-refractivity contribution in [3.8, 4) is 5.75 Å². The Bertz CT molecular complexity index is 591. The molecule has 0 unspecified atom stereocenters. The van der Waals surface area contributed by atoms with E-state index in [1.54, 1.807) is 16.4 Å². The van der Waals surface area contributed by atoms with Crippen LogP contribution in [0.5, 0.6) is 5.75 Å². The standard InChI is InChI=1S/C14H22N2O3S/c1-11-9-13(19-4)14(10-12(11)2)20(17,18)16-7-5-15(3)6-8-16/h9-10H,5-8H2,1-4H3. The van der Waals surface area contributed by atoms with Crippen LogP contribution >= 0.6 is 0 Å². The Labute approximate surface area is 121 Å². The SMILES string of the molecule is COc1cc(C)c(C)cc1S(=O)(=O)N1CCN(C)CC1. The Morgan fingerprint density at radius 2 is 1.60 bits per heavy atom. The van der Waals surface area contributed by atoms with Crippen LogP contribution in [0, 0.1) is 13.8 Å². The summed E-state index contributed by atoms with van der Waals surface area (Å²) in [7, 11) is 0.0218. The van der Waals surface area contributed by atoms with Crippen LogP contribution in [0.25, 0.3) is 0 Å². The molecule has 20 heavy (non-hydrogen) atoms. The van der Waals surface area contributed by atoms with Crippen molar-refractivity contribution >= 4 is 10.0 Å². The highest BCUT2D eigenvalue weighted by Gasteiger charge is 2.30. The van der Waals surface area contributed by atoms with E-state index >= 15 is 0 Å². The first-order valence-electron chi connectivity index (χ1n) is 6.70. The Balaban J connectivity index is 2.41. The van der Waals surface area contributed by atoms with E-state index in [1.165, 1.54) is 7.11 Å². The highest BCUT2D eigenvalue weighted by atomic mass is 32.2. The zero-order valence-electron chi connectivity index (χ0n) is 12.5. The molecule has 0 spiro atoms. The maximum absolute atomic E-state index is 12.8. The predicted molar refractivity (Wildman–Crippen MR) is 78.7 cm³/mol. The molecule has 5 nitrogen and oxygen atoms in total. The second-order valence-electron chi connectivity index (χ2n) is 5.29. The number of nitrogens with zero attached hydrogens (tertiary/aromatic N) is 2. The van der Waals surface area contributed by atoms with Crippen molar-refractivity contribution < 1.29 is 13.2 Å².